The van der Waals surface area contributed by atoms with Crippen LogP contribution in [0.5, 0.6) is 0 Å². The van der Waals surface area contributed by atoms with Crippen LogP contribution in [-0.2, 0) is 21.0 Å². The van der Waals surface area contributed by atoms with Gasteiger partial charge in [-0.15, -0.1) is 0 Å². The molecule has 0 saturated heterocycles. The fourth-order valence-electron chi connectivity index (χ4n) is 1.94. The first-order chi connectivity index (χ1) is 11.6. The molecule has 0 spiro atoms. The lowest BCUT2D eigenvalue weighted by molar-refractivity contribution is -0.136. The van der Waals surface area contributed by atoms with E-state index in [0.717, 1.165) is 6.07 Å². The summed E-state index contributed by atoms with van der Waals surface area (Å²) in [6.07, 6.45) is -4.82. The van der Waals surface area contributed by atoms with E-state index in [4.69, 9.17) is 0 Å². The summed E-state index contributed by atoms with van der Waals surface area (Å²) in [5, 5.41) is 2.18. The van der Waals surface area contributed by atoms with Gasteiger partial charge in [-0.3, -0.25) is 9.52 Å². The van der Waals surface area contributed by atoms with Crippen LogP contribution in [0.2, 0.25) is 0 Å². The molecular weight excluding hydrogens is 425 g/mol. The van der Waals surface area contributed by atoms with Crippen molar-refractivity contribution in [3.05, 3.63) is 54.1 Å². The molecule has 5 nitrogen and oxygen atoms in total. The molecule has 0 bridgehead atoms. The molecule has 0 saturated carbocycles. The highest BCUT2D eigenvalue weighted by molar-refractivity contribution is 9.09. The summed E-state index contributed by atoms with van der Waals surface area (Å²) in [4.78, 5) is 11.1. The average Bonchev–Trinajstić information content (AvgIpc) is 2.55. The van der Waals surface area contributed by atoms with Gasteiger partial charge in [0.25, 0.3) is 10.0 Å². The third kappa shape index (κ3) is 4.95. The molecule has 0 fully saturated rings. The predicted octanol–water partition coefficient (Wildman–Crippen LogP) is 3.84. The highest BCUT2D eigenvalue weighted by Crippen LogP contribution is 2.37. The van der Waals surface area contributed by atoms with E-state index in [2.05, 4.69) is 21.2 Å². The maximum Gasteiger partial charge on any atom is 0.418 e. The predicted molar refractivity (Wildman–Crippen MR) is 91.1 cm³/mol. The Hall–Kier alpha value is -2.07. The molecule has 25 heavy (non-hydrogen) atoms. The molecule has 0 aromatic heterocycles. The van der Waals surface area contributed by atoms with Crippen LogP contribution in [0.4, 0.5) is 24.5 Å². The fraction of sp³-hybridized carbons (Fsp3) is 0.133. The second-order valence-electron chi connectivity index (χ2n) is 4.86. The Labute approximate surface area is 150 Å². The summed E-state index contributed by atoms with van der Waals surface area (Å²) < 4.78 is 66.2. The number of halogens is 4. The maximum atomic E-state index is 13.3. The minimum atomic E-state index is -4.82. The van der Waals surface area contributed by atoms with E-state index in [1.165, 1.54) is 30.3 Å². The number of anilines is 2. The highest BCUT2D eigenvalue weighted by atomic mass is 79.9. The smallest absolute Gasteiger partial charge is 0.325 e. The molecule has 10 heteroatoms. The van der Waals surface area contributed by atoms with Crippen molar-refractivity contribution in [3.8, 4) is 0 Å². The minimum absolute atomic E-state index is 0.0866. The lowest BCUT2D eigenvalue weighted by atomic mass is 10.1. The molecule has 2 rings (SSSR count). The first-order valence-electron chi connectivity index (χ1n) is 6.78. The molecule has 2 aromatic rings. The Bertz CT molecular complexity index is 871. The van der Waals surface area contributed by atoms with Gasteiger partial charge in [0.05, 0.1) is 21.5 Å². The minimum Gasteiger partial charge on any atom is -0.325 e. The molecular formula is C15H12BrF3N2O3S. The standard InChI is InChI=1S/C15H12BrF3N2O3S/c16-9-14(22)20-10-6-7-13(12(8-10)15(17,18)19)21-25(23,24)11-4-2-1-3-5-11/h1-8,21H,9H2,(H,20,22). The number of rotatable bonds is 5. The van der Waals surface area contributed by atoms with Crippen LogP contribution in [0.25, 0.3) is 0 Å². The molecule has 1 amide bonds. The van der Waals surface area contributed by atoms with Gasteiger partial charge in [-0.05, 0) is 30.3 Å². The summed E-state index contributed by atoms with van der Waals surface area (Å²) in [6, 6.07) is 9.83. The van der Waals surface area contributed by atoms with Crippen molar-refractivity contribution in [1.82, 2.24) is 0 Å². The topological polar surface area (TPSA) is 75.3 Å². The monoisotopic (exact) mass is 436 g/mol. The molecule has 0 radical (unpaired) electrons. The largest absolute Gasteiger partial charge is 0.418 e. The van der Waals surface area contributed by atoms with Crippen LogP contribution in [0.3, 0.4) is 0 Å². The van der Waals surface area contributed by atoms with E-state index < -0.39 is 33.4 Å². The number of amides is 1. The Kier molecular flexibility index (Phi) is 5.73. The Morgan fingerprint density at radius 3 is 2.28 bits per heavy atom. The summed E-state index contributed by atoms with van der Waals surface area (Å²) in [6.45, 7) is 0. The molecule has 0 aliphatic heterocycles. The van der Waals surface area contributed by atoms with Crippen LogP contribution in [0.1, 0.15) is 5.56 Å². The van der Waals surface area contributed by atoms with Crippen molar-refractivity contribution < 1.29 is 26.4 Å². The molecule has 134 valence electrons. The van der Waals surface area contributed by atoms with Gasteiger partial charge in [-0.25, -0.2) is 8.42 Å². The van der Waals surface area contributed by atoms with Gasteiger partial charge in [0.15, 0.2) is 0 Å². The SMILES string of the molecule is O=C(CBr)Nc1ccc(NS(=O)(=O)c2ccccc2)c(C(F)(F)F)c1. The van der Waals surface area contributed by atoms with Gasteiger partial charge in [0.1, 0.15) is 0 Å². The summed E-state index contributed by atoms with van der Waals surface area (Å²) in [7, 11) is -4.18. The van der Waals surface area contributed by atoms with E-state index in [1.54, 1.807) is 6.07 Å². The molecule has 0 unspecified atom stereocenters. The molecule has 2 N–H and O–H groups in total. The van der Waals surface area contributed by atoms with Crippen LogP contribution in [0.15, 0.2) is 53.4 Å². The number of carbonyl (C=O) groups is 1. The number of carbonyl (C=O) groups excluding carboxylic acids is 1. The number of sulfonamides is 1. The molecule has 2 aromatic carbocycles. The van der Waals surface area contributed by atoms with E-state index in [-0.39, 0.29) is 15.9 Å². The number of hydrogen-bond donors (Lipinski definition) is 2. The van der Waals surface area contributed by atoms with Gasteiger partial charge < -0.3 is 5.32 Å². The fourth-order valence-corrected chi connectivity index (χ4v) is 3.18. The van der Waals surface area contributed by atoms with Crippen molar-refractivity contribution in [2.24, 2.45) is 0 Å². The van der Waals surface area contributed by atoms with Crippen LogP contribution in [0, 0.1) is 0 Å². The average molecular weight is 437 g/mol. The summed E-state index contributed by atoms with van der Waals surface area (Å²) >= 11 is 2.88. The quantitative estimate of drug-likeness (QED) is 0.699. The van der Waals surface area contributed by atoms with E-state index in [9.17, 15) is 26.4 Å². The van der Waals surface area contributed by atoms with Crippen LogP contribution < -0.4 is 10.0 Å². The van der Waals surface area contributed by atoms with Crippen molar-refractivity contribution >= 4 is 43.2 Å². The van der Waals surface area contributed by atoms with Gasteiger partial charge in [-0.1, -0.05) is 34.1 Å². The lowest BCUT2D eigenvalue weighted by Gasteiger charge is -2.16. The highest BCUT2D eigenvalue weighted by Gasteiger charge is 2.35. The van der Waals surface area contributed by atoms with E-state index in [1.807, 2.05) is 4.72 Å². The zero-order valence-electron chi connectivity index (χ0n) is 12.5. The second kappa shape index (κ2) is 7.44. The zero-order chi connectivity index (χ0) is 18.7. The number of benzene rings is 2. The number of nitrogens with one attached hydrogen (secondary N) is 2. The van der Waals surface area contributed by atoms with Crippen molar-refractivity contribution in [2.75, 3.05) is 15.4 Å². The van der Waals surface area contributed by atoms with Crippen molar-refractivity contribution in [2.45, 2.75) is 11.1 Å². The van der Waals surface area contributed by atoms with Gasteiger partial charge in [0.2, 0.25) is 5.91 Å². The summed E-state index contributed by atoms with van der Waals surface area (Å²) in [5.41, 5.74) is -1.94. The van der Waals surface area contributed by atoms with Crippen LogP contribution >= 0.6 is 15.9 Å². The number of alkyl halides is 4. The van der Waals surface area contributed by atoms with Gasteiger partial charge in [0, 0.05) is 5.69 Å². The van der Waals surface area contributed by atoms with Crippen LogP contribution in [-0.4, -0.2) is 19.7 Å². The Morgan fingerprint density at radius 2 is 1.72 bits per heavy atom. The molecule has 0 aliphatic rings. The molecule has 0 heterocycles. The third-order valence-corrected chi connectivity index (χ3v) is 4.92. The summed E-state index contributed by atoms with van der Waals surface area (Å²) in [5.74, 6) is -0.536. The maximum absolute atomic E-state index is 13.3. The second-order valence-corrected chi connectivity index (χ2v) is 7.10. The van der Waals surface area contributed by atoms with Crippen molar-refractivity contribution in [3.63, 3.8) is 0 Å². The normalized spacial score (nSPS) is 11.8. The lowest BCUT2D eigenvalue weighted by Crippen LogP contribution is -2.18. The molecule has 0 atom stereocenters. The Morgan fingerprint density at radius 1 is 1.08 bits per heavy atom. The first-order valence-corrected chi connectivity index (χ1v) is 9.39. The van der Waals surface area contributed by atoms with E-state index >= 15 is 0 Å². The zero-order valence-corrected chi connectivity index (χ0v) is 14.9. The third-order valence-electron chi connectivity index (χ3n) is 3.03. The Balaban J connectivity index is 2.42. The molecule has 0 aliphatic carbocycles. The number of hydrogen-bond acceptors (Lipinski definition) is 3. The van der Waals surface area contributed by atoms with Gasteiger partial charge >= 0.3 is 6.18 Å². The first kappa shape index (κ1) is 19.3. The van der Waals surface area contributed by atoms with Crippen molar-refractivity contribution in [1.29, 1.82) is 0 Å². The van der Waals surface area contributed by atoms with E-state index in [0.29, 0.717) is 6.07 Å². The van der Waals surface area contributed by atoms with Gasteiger partial charge in [-0.2, -0.15) is 13.2 Å².